The van der Waals surface area contributed by atoms with Crippen LogP contribution in [0.5, 0.6) is 0 Å². The first kappa shape index (κ1) is 16.7. The van der Waals surface area contributed by atoms with Crippen molar-refractivity contribution in [3.05, 3.63) is 35.1 Å². The largest absolute Gasteiger partial charge is 0.350 e. The molecular formula is C16H20ClN5O2. The molecule has 0 aromatic carbocycles. The molecule has 128 valence electrons. The van der Waals surface area contributed by atoms with Crippen molar-refractivity contribution in [2.45, 2.75) is 32.2 Å². The Morgan fingerprint density at radius 2 is 2.33 bits per heavy atom. The van der Waals surface area contributed by atoms with Crippen molar-refractivity contribution >= 4 is 23.3 Å². The number of carbonyl (C=O) groups is 1. The summed E-state index contributed by atoms with van der Waals surface area (Å²) in [7, 11) is 1.84. The highest BCUT2D eigenvalue weighted by Gasteiger charge is 2.33. The van der Waals surface area contributed by atoms with Gasteiger partial charge in [0.2, 0.25) is 11.8 Å². The summed E-state index contributed by atoms with van der Waals surface area (Å²) in [4.78, 5) is 24.9. The normalized spacial score (nSPS) is 17.3. The van der Waals surface area contributed by atoms with Crippen molar-refractivity contribution in [2.75, 3.05) is 25.0 Å². The second kappa shape index (κ2) is 7.17. The van der Waals surface area contributed by atoms with E-state index in [1.165, 1.54) is 0 Å². The van der Waals surface area contributed by atoms with E-state index in [-0.39, 0.29) is 18.5 Å². The molecule has 0 N–H and O–H groups in total. The summed E-state index contributed by atoms with van der Waals surface area (Å²) < 4.78 is 5.18. The minimum Gasteiger partial charge on any atom is -0.350 e. The van der Waals surface area contributed by atoms with Gasteiger partial charge in [-0.2, -0.15) is 4.98 Å². The van der Waals surface area contributed by atoms with Crippen LogP contribution in [0.2, 0.25) is 5.02 Å². The number of nitrogens with zero attached hydrogens (tertiary/aromatic N) is 5. The molecule has 1 unspecified atom stereocenters. The lowest BCUT2D eigenvalue weighted by molar-refractivity contribution is -0.130. The van der Waals surface area contributed by atoms with E-state index in [9.17, 15) is 4.79 Å². The smallest absolute Gasteiger partial charge is 0.242 e. The second-order valence-electron chi connectivity index (χ2n) is 5.84. The number of amides is 1. The van der Waals surface area contributed by atoms with Crippen LogP contribution in [0.15, 0.2) is 22.9 Å². The Morgan fingerprint density at radius 1 is 1.50 bits per heavy atom. The maximum atomic E-state index is 12.7. The van der Waals surface area contributed by atoms with Crippen LogP contribution < -0.4 is 4.90 Å². The van der Waals surface area contributed by atoms with Crippen LogP contribution in [0.1, 0.15) is 37.5 Å². The number of carbonyl (C=O) groups excluding carboxylic acids is 1. The number of anilines is 1. The number of likely N-dealkylation sites (N-methyl/N-ethyl adjacent to an activating group) is 1. The van der Waals surface area contributed by atoms with Gasteiger partial charge in [-0.05, 0) is 25.0 Å². The number of aryl methyl sites for hydroxylation is 1. The molecule has 1 amide bonds. The van der Waals surface area contributed by atoms with Crippen molar-refractivity contribution < 1.29 is 9.32 Å². The number of aromatic nitrogens is 3. The number of likely N-dealkylation sites (tertiary alicyclic amines) is 1. The zero-order valence-electron chi connectivity index (χ0n) is 13.8. The Kier molecular flexibility index (Phi) is 4.99. The van der Waals surface area contributed by atoms with Gasteiger partial charge in [-0.25, -0.2) is 4.98 Å². The monoisotopic (exact) mass is 349 g/mol. The van der Waals surface area contributed by atoms with Crippen LogP contribution in [0.3, 0.4) is 0 Å². The topological polar surface area (TPSA) is 75.4 Å². The van der Waals surface area contributed by atoms with Crippen molar-refractivity contribution in [1.82, 2.24) is 20.0 Å². The third kappa shape index (κ3) is 3.51. The number of hydrogen-bond donors (Lipinski definition) is 0. The van der Waals surface area contributed by atoms with E-state index in [0.29, 0.717) is 35.5 Å². The SMILES string of the molecule is CCc1nc(C2CCCN2C(=O)CN(C)c2ccc(Cl)cn2)no1. The van der Waals surface area contributed by atoms with Crippen LogP contribution in [-0.2, 0) is 11.2 Å². The zero-order valence-corrected chi connectivity index (χ0v) is 14.5. The van der Waals surface area contributed by atoms with Crippen LogP contribution >= 0.6 is 11.6 Å². The van der Waals surface area contributed by atoms with E-state index < -0.39 is 0 Å². The maximum absolute atomic E-state index is 12.7. The second-order valence-corrected chi connectivity index (χ2v) is 6.27. The molecule has 0 aliphatic carbocycles. The molecule has 24 heavy (non-hydrogen) atoms. The summed E-state index contributed by atoms with van der Waals surface area (Å²) in [5.41, 5.74) is 0. The summed E-state index contributed by atoms with van der Waals surface area (Å²) in [5, 5.41) is 4.60. The molecule has 1 fully saturated rings. The fraction of sp³-hybridized carbons (Fsp3) is 0.500. The van der Waals surface area contributed by atoms with Gasteiger partial charge in [-0.15, -0.1) is 0 Å². The van der Waals surface area contributed by atoms with Gasteiger partial charge in [0, 0.05) is 26.2 Å². The van der Waals surface area contributed by atoms with E-state index >= 15 is 0 Å². The molecule has 2 aromatic rings. The van der Waals surface area contributed by atoms with E-state index in [2.05, 4.69) is 15.1 Å². The van der Waals surface area contributed by atoms with Crippen LogP contribution in [0.4, 0.5) is 5.82 Å². The molecule has 0 bridgehead atoms. The predicted molar refractivity (Wildman–Crippen MR) is 89.9 cm³/mol. The van der Waals surface area contributed by atoms with E-state index in [4.69, 9.17) is 16.1 Å². The maximum Gasteiger partial charge on any atom is 0.242 e. The van der Waals surface area contributed by atoms with Gasteiger partial charge in [-0.1, -0.05) is 23.7 Å². The number of hydrogen-bond acceptors (Lipinski definition) is 6. The quantitative estimate of drug-likeness (QED) is 0.825. The molecule has 1 aliphatic rings. The van der Waals surface area contributed by atoms with Crippen molar-refractivity contribution in [3.63, 3.8) is 0 Å². The van der Waals surface area contributed by atoms with Gasteiger partial charge in [0.05, 0.1) is 17.6 Å². The van der Waals surface area contributed by atoms with E-state index in [1.807, 2.05) is 23.8 Å². The first-order chi connectivity index (χ1) is 11.6. The molecule has 1 aliphatic heterocycles. The van der Waals surface area contributed by atoms with Gasteiger partial charge in [-0.3, -0.25) is 4.79 Å². The van der Waals surface area contributed by atoms with Crippen LogP contribution in [-0.4, -0.2) is 46.1 Å². The average molecular weight is 350 g/mol. The zero-order chi connectivity index (χ0) is 17.1. The Bertz CT molecular complexity index is 703. The first-order valence-corrected chi connectivity index (χ1v) is 8.41. The molecule has 2 aromatic heterocycles. The van der Waals surface area contributed by atoms with Crippen LogP contribution in [0.25, 0.3) is 0 Å². The summed E-state index contributed by atoms with van der Waals surface area (Å²) in [6.07, 6.45) is 4.06. The highest BCUT2D eigenvalue weighted by atomic mass is 35.5. The Labute approximate surface area is 145 Å². The molecule has 1 saturated heterocycles. The summed E-state index contributed by atoms with van der Waals surface area (Å²) in [5.74, 6) is 1.94. The highest BCUT2D eigenvalue weighted by molar-refractivity contribution is 6.30. The number of halogens is 1. The minimum absolute atomic E-state index is 0.0274. The fourth-order valence-corrected chi connectivity index (χ4v) is 2.96. The third-order valence-corrected chi connectivity index (χ3v) is 4.36. The molecule has 7 nitrogen and oxygen atoms in total. The van der Waals surface area contributed by atoms with Gasteiger partial charge < -0.3 is 14.3 Å². The number of pyridine rings is 1. The summed E-state index contributed by atoms with van der Waals surface area (Å²) in [6, 6.07) is 3.45. The Hall–Kier alpha value is -2.15. The van der Waals surface area contributed by atoms with Gasteiger partial charge in [0.15, 0.2) is 5.82 Å². The molecule has 3 rings (SSSR count). The molecule has 0 spiro atoms. The third-order valence-electron chi connectivity index (χ3n) is 4.13. The van der Waals surface area contributed by atoms with Crippen molar-refractivity contribution in [1.29, 1.82) is 0 Å². The van der Waals surface area contributed by atoms with Gasteiger partial charge in [0.25, 0.3) is 0 Å². The summed E-state index contributed by atoms with van der Waals surface area (Å²) in [6.45, 7) is 2.91. The fourth-order valence-electron chi connectivity index (χ4n) is 2.85. The molecule has 1 atom stereocenters. The Balaban J connectivity index is 1.68. The van der Waals surface area contributed by atoms with E-state index in [1.54, 1.807) is 18.3 Å². The molecule has 8 heteroatoms. The number of rotatable bonds is 5. The average Bonchev–Trinajstić information content (AvgIpc) is 3.24. The highest BCUT2D eigenvalue weighted by Crippen LogP contribution is 2.30. The van der Waals surface area contributed by atoms with Crippen molar-refractivity contribution in [3.8, 4) is 0 Å². The minimum atomic E-state index is -0.104. The van der Waals surface area contributed by atoms with Gasteiger partial charge >= 0.3 is 0 Å². The lowest BCUT2D eigenvalue weighted by Crippen LogP contribution is -2.39. The standard InChI is InChI=1S/C16H20ClN5O2/c1-3-14-19-16(20-24-14)12-5-4-8-22(12)15(23)10-21(2)13-7-6-11(17)9-18-13/h6-7,9,12H,3-5,8,10H2,1-2H3. The predicted octanol–water partition coefficient (Wildman–Crippen LogP) is 2.48. The lowest BCUT2D eigenvalue weighted by Gasteiger charge is -2.25. The molecule has 0 radical (unpaired) electrons. The lowest BCUT2D eigenvalue weighted by atomic mass is 10.2. The van der Waals surface area contributed by atoms with Crippen molar-refractivity contribution in [2.24, 2.45) is 0 Å². The van der Waals surface area contributed by atoms with E-state index in [0.717, 1.165) is 12.8 Å². The molecular weight excluding hydrogens is 330 g/mol. The molecule has 0 saturated carbocycles. The van der Waals surface area contributed by atoms with Crippen LogP contribution in [0, 0.1) is 0 Å². The Morgan fingerprint density at radius 3 is 3.00 bits per heavy atom. The molecule has 3 heterocycles. The summed E-state index contributed by atoms with van der Waals surface area (Å²) >= 11 is 5.85. The van der Waals surface area contributed by atoms with Gasteiger partial charge in [0.1, 0.15) is 5.82 Å². The first-order valence-electron chi connectivity index (χ1n) is 8.03.